The van der Waals surface area contributed by atoms with Crippen LogP contribution in [0.25, 0.3) is 0 Å². The molecule has 1 atom stereocenters. The van der Waals surface area contributed by atoms with Crippen LogP contribution in [0.2, 0.25) is 0 Å². The highest BCUT2D eigenvalue weighted by molar-refractivity contribution is 5.92. The molecule has 0 heterocycles. The Kier molecular flexibility index (Phi) is 6.32. The van der Waals surface area contributed by atoms with E-state index in [1.807, 2.05) is 0 Å². The zero-order valence-corrected chi connectivity index (χ0v) is 8.88. The fourth-order valence-electron chi connectivity index (χ4n) is 0.751. The highest BCUT2D eigenvalue weighted by atomic mass is 16.2. The van der Waals surface area contributed by atoms with E-state index in [-0.39, 0.29) is 18.4 Å². The van der Waals surface area contributed by atoms with Crippen molar-refractivity contribution >= 4 is 11.8 Å². The third-order valence-electron chi connectivity index (χ3n) is 1.69. The second kappa shape index (κ2) is 6.97. The van der Waals surface area contributed by atoms with Gasteiger partial charge in [0.1, 0.15) is 0 Å². The molecule has 0 saturated heterocycles. The molecular formula is C9H18N4O2. The first-order valence-electron chi connectivity index (χ1n) is 4.66. The summed E-state index contributed by atoms with van der Waals surface area (Å²) in [5.41, 5.74) is 11.0. The Bertz CT molecular complexity index is 252. The zero-order valence-electron chi connectivity index (χ0n) is 8.88. The predicted octanol–water partition coefficient (Wildman–Crippen LogP) is -1.92. The van der Waals surface area contributed by atoms with Crippen LogP contribution in [0.3, 0.4) is 0 Å². The minimum absolute atomic E-state index is 0.101. The maximum Gasteiger partial charge on any atom is 0.246 e. The number of rotatable bonds is 6. The fourth-order valence-corrected chi connectivity index (χ4v) is 0.751. The average molecular weight is 214 g/mol. The molecule has 0 spiro atoms. The van der Waals surface area contributed by atoms with Crippen LogP contribution < -0.4 is 22.1 Å². The van der Waals surface area contributed by atoms with Crippen LogP contribution in [0.1, 0.15) is 6.92 Å². The number of hydrogen-bond donors (Lipinski definition) is 4. The summed E-state index contributed by atoms with van der Waals surface area (Å²) in [7, 11) is 0. The van der Waals surface area contributed by atoms with Gasteiger partial charge in [-0.2, -0.15) is 0 Å². The van der Waals surface area contributed by atoms with E-state index in [1.165, 1.54) is 0 Å². The summed E-state index contributed by atoms with van der Waals surface area (Å²) in [6.07, 6.45) is 0. The van der Waals surface area contributed by atoms with E-state index in [9.17, 15) is 9.59 Å². The van der Waals surface area contributed by atoms with Crippen molar-refractivity contribution in [1.29, 1.82) is 0 Å². The van der Waals surface area contributed by atoms with Crippen LogP contribution >= 0.6 is 0 Å². The quantitative estimate of drug-likeness (QED) is 0.305. The maximum atomic E-state index is 11.1. The first-order valence-corrected chi connectivity index (χ1v) is 4.66. The van der Waals surface area contributed by atoms with Crippen LogP contribution in [0.4, 0.5) is 0 Å². The van der Waals surface area contributed by atoms with Crippen molar-refractivity contribution in [3.05, 3.63) is 12.2 Å². The van der Waals surface area contributed by atoms with Gasteiger partial charge in [0.25, 0.3) is 0 Å². The predicted molar refractivity (Wildman–Crippen MR) is 57.9 cm³/mol. The van der Waals surface area contributed by atoms with Crippen molar-refractivity contribution in [2.24, 2.45) is 11.5 Å². The molecule has 0 unspecified atom stereocenters. The molecule has 0 radical (unpaired) electrons. The molecule has 86 valence electrons. The van der Waals surface area contributed by atoms with Gasteiger partial charge in [0.2, 0.25) is 11.8 Å². The third kappa shape index (κ3) is 5.82. The van der Waals surface area contributed by atoms with E-state index in [0.717, 1.165) is 0 Å². The van der Waals surface area contributed by atoms with Gasteiger partial charge in [-0.15, -0.1) is 0 Å². The molecule has 0 rings (SSSR count). The summed E-state index contributed by atoms with van der Waals surface area (Å²) in [5.74, 6) is -0.547. The molecular weight excluding hydrogens is 196 g/mol. The summed E-state index contributed by atoms with van der Waals surface area (Å²) in [4.78, 5) is 22.1. The maximum absolute atomic E-state index is 11.1. The van der Waals surface area contributed by atoms with Crippen molar-refractivity contribution in [1.82, 2.24) is 10.6 Å². The van der Waals surface area contributed by atoms with Crippen molar-refractivity contribution in [3.63, 3.8) is 0 Å². The second-order valence-corrected chi connectivity index (χ2v) is 3.17. The van der Waals surface area contributed by atoms with Gasteiger partial charge in [-0.1, -0.05) is 6.58 Å². The molecule has 0 aliphatic rings. The van der Waals surface area contributed by atoms with E-state index >= 15 is 0 Å². The van der Waals surface area contributed by atoms with Crippen molar-refractivity contribution < 1.29 is 9.59 Å². The van der Waals surface area contributed by atoms with Crippen LogP contribution in [-0.4, -0.2) is 37.5 Å². The number of nitrogens with two attached hydrogens (primary N) is 2. The summed E-state index contributed by atoms with van der Waals surface area (Å²) in [5, 5.41) is 5.11. The van der Waals surface area contributed by atoms with Crippen LogP contribution in [0.5, 0.6) is 0 Å². The molecule has 15 heavy (non-hydrogen) atoms. The van der Waals surface area contributed by atoms with Gasteiger partial charge >= 0.3 is 0 Å². The molecule has 0 aliphatic carbocycles. The van der Waals surface area contributed by atoms with Crippen molar-refractivity contribution in [2.75, 3.05) is 19.6 Å². The molecule has 0 aromatic rings. The number of carbonyl (C=O) groups excluding carboxylic acids is 2. The third-order valence-corrected chi connectivity index (χ3v) is 1.69. The van der Waals surface area contributed by atoms with E-state index < -0.39 is 6.04 Å². The molecule has 2 amide bonds. The van der Waals surface area contributed by atoms with Gasteiger partial charge in [0.15, 0.2) is 0 Å². The number of carbonyl (C=O) groups is 2. The average Bonchev–Trinajstić information content (AvgIpc) is 2.22. The molecule has 6 nitrogen and oxygen atoms in total. The Morgan fingerprint density at radius 1 is 1.33 bits per heavy atom. The summed E-state index contributed by atoms with van der Waals surface area (Å²) in [6.45, 7) is 5.85. The highest BCUT2D eigenvalue weighted by Crippen LogP contribution is 1.83. The number of nitrogens with one attached hydrogen (secondary N) is 2. The van der Waals surface area contributed by atoms with Crippen LogP contribution in [0, 0.1) is 0 Å². The summed E-state index contributed by atoms with van der Waals surface area (Å²) < 4.78 is 0. The van der Waals surface area contributed by atoms with Gasteiger partial charge in [0, 0.05) is 25.2 Å². The van der Waals surface area contributed by atoms with Gasteiger partial charge in [0.05, 0.1) is 6.04 Å². The lowest BCUT2D eigenvalue weighted by molar-refractivity contribution is -0.122. The Balaban J connectivity index is 3.59. The lowest BCUT2D eigenvalue weighted by atomic mass is 10.3. The molecule has 0 bridgehead atoms. The standard InChI is InChI=1S/C9H18N4O2/c1-6(2)8(14)12-3-4-13-9(15)7(11)5-10/h7H,1,3-5,10-11H2,2H3,(H,12,14)(H,13,15)/t7-/m1/s1. The monoisotopic (exact) mass is 214 g/mol. The van der Waals surface area contributed by atoms with Crippen molar-refractivity contribution in [3.8, 4) is 0 Å². The van der Waals surface area contributed by atoms with Crippen molar-refractivity contribution in [2.45, 2.75) is 13.0 Å². The SMILES string of the molecule is C=C(C)C(=O)NCCNC(=O)[C@H](N)CN. The van der Waals surface area contributed by atoms with E-state index in [4.69, 9.17) is 11.5 Å². The summed E-state index contributed by atoms with van der Waals surface area (Å²) >= 11 is 0. The lowest BCUT2D eigenvalue weighted by Crippen LogP contribution is -2.47. The molecule has 0 aromatic heterocycles. The first-order chi connectivity index (χ1) is 6.99. The Morgan fingerprint density at radius 2 is 1.87 bits per heavy atom. The highest BCUT2D eigenvalue weighted by Gasteiger charge is 2.09. The molecule has 0 saturated carbocycles. The topological polar surface area (TPSA) is 110 Å². The molecule has 6 heteroatoms. The van der Waals surface area contributed by atoms with E-state index in [1.54, 1.807) is 6.92 Å². The smallest absolute Gasteiger partial charge is 0.246 e. The van der Waals surface area contributed by atoms with Crippen LogP contribution in [-0.2, 0) is 9.59 Å². The second-order valence-electron chi connectivity index (χ2n) is 3.17. The zero-order chi connectivity index (χ0) is 11.8. The number of hydrogen-bond acceptors (Lipinski definition) is 4. The molecule has 0 aliphatic heterocycles. The fraction of sp³-hybridized carbons (Fsp3) is 0.556. The van der Waals surface area contributed by atoms with Gasteiger partial charge < -0.3 is 22.1 Å². The van der Waals surface area contributed by atoms with Gasteiger partial charge in [-0.3, -0.25) is 9.59 Å². The molecule has 6 N–H and O–H groups in total. The Morgan fingerprint density at radius 3 is 2.33 bits per heavy atom. The minimum Gasteiger partial charge on any atom is -0.353 e. The summed E-state index contributed by atoms with van der Waals surface area (Å²) in [6, 6.07) is -0.693. The first kappa shape index (κ1) is 13.6. The van der Waals surface area contributed by atoms with Gasteiger partial charge in [-0.25, -0.2) is 0 Å². The van der Waals surface area contributed by atoms with Crippen LogP contribution in [0.15, 0.2) is 12.2 Å². The molecule has 0 aromatic carbocycles. The van der Waals surface area contributed by atoms with E-state index in [2.05, 4.69) is 17.2 Å². The Labute approximate surface area is 89.1 Å². The normalized spacial score (nSPS) is 11.7. The van der Waals surface area contributed by atoms with Gasteiger partial charge in [-0.05, 0) is 6.92 Å². The molecule has 0 fully saturated rings. The van der Waals surface area contributed by atoms with E-state index in [0.29, 0.717) is 18.7 Å². The lowest BCUT2D eigenvalue weighted by Gasteiger charge is -2.10. The number of amides is 2. The largest absolute Gasteiger partial charge is 0.353 e. The minimum atomic E-state index is -0.693. The Hall–Kier alpha value is -1.40.